The Hall–Kier alpha value is 0.0700. The molecule has 1 unspecified atom stereocenters. The van der Waals surface area contributed by atoms with E-state index in [1.54, 1.807) is 11.8 Å². The zero-order valence-corrected chi connectivity index (χ0v) is 14.2. The summed E-state index contributed by atoms with van der Waals surface area (Å²) in [6.45, 7) is 6.73. The monoisotopic (exact) mass is 332 g/mol. The molecule has 1 N–H and O–H groups in total. The molecule has 1 aromatic carbocycles. The average Bonchev–Trinajstić information content (AvgIpc) is 2.48. The Morgan fingerprint density at radius 1 is 1.40 bits per heavy atom. The number of rotatable bonds is 6. The second-order valence-corrected chi connectivity index (χ2v) is 7.03. The molecule has 0 spiro atoms. The summed E-state index contributed by atoms with van der Waals surface area (Å²) < 4.78 is 0. The van der Waals surface area contributed by atoms with Crippen LogP contribution in [-0.2, 0) is 0 Å². The fraction of sp³-hybridized carbons (Fsp3) is 0.600. The third-order valence-electron chi connectivity index (χ3n) is 3.72. The highest BCUT2D eigenvalue weighted by atomic mass is 35.5. The molecule has 1 atom stereocenters. The smallest absolute Gasteiger partial charge is 0.0542 e. The standard InChI is InChI=1S/C15H22Cl2N2S/c1-2-19(13-4-3-7-18-11-13)8-9-20-15-10-12(16)5-6-14(15)17/h5-6,10,13,18H,2-4,7-9,11H2,1H3. The fourth-order valence-electron chi connectivity index (χ4n) is 2.60. The van der Waals surface area contributed by atoms with Crippen LogP contribution in [-0.4, -0.2) is 42.9 Å². The highest BCUT2D eigenvalue weighted by molar-refractivity contribution is 7.99. The molecule has 1 heterocycles. The number of benzene rings is 1. The van der Waals surface area contributed by atoms with Gasteiger partial charge in [0.15, 0.2) is 0 Å². The molecule has 0 radical (unpaired) electrons. The van der Waals surface area contributed by atoms with Gasteiger partial charge < -0.3 is 5.32 Å². The Labute approximate surface area is 136 Å². The summed E-state index contributed by atoms with van der Waals surface area (Å²) in [4.78, 5) is 3.65. The lowest BCUT2D eigenvalue weighted by Gasteiger charge is -2.33. The van der Waals surface area contributed by atoms with E-state index in [-0.39, 0.29) is 0 Å². The highest BCUT2D eigenvalue weighted by Gasteiger charge is 2.19. The predicted octanol–water partition coefficient (Wildman–Crippen LogP) is 4.16. The first kappa shape index (κ1) is 16.4. The number of nitrogens with one attached hydrogen (secondary N) is 1. The first-order chi connectivity index (χ1) is 9.70. The van der Waals surface area contributed by atoms with Crippen molar-refractivity contribution in [2.24, 2.45) is 0 Å². The Morgan fingerprint density at radius 3 is 2.95 bits per heavy atom. The normalized spacial score (nSPS) is 19.5. The number of hydrogen-bond donors (Lipinski definition) is 1. The summed E-state index contributed by atoms with van der Waals surface area (Å²) in [6.07, 6.45) is 2.60. The molecule has 1 aromatic rings. The molecule has 1 fully saturated rings. The largest absolute Gasteiger partial charge is 0.315 e. The van der Waals surface area contributed by atoms with E-state index in [4.69, 9.17) is 23.2 Å². The molecule has 2 nitrogen and oxygen atoms in total. The van der Waals surface area contributed by atoms with Gasteiger partial charge in [-0.05, 0) is 44.1 Å². The minimum atomic E-state index is 0.684. The molecule has 112 valence electrons. The third-order valence-corrected chi connectivity index (χ3v) is 5.43. The van der Waals surface area contributed by atoms with E-state index >= 15 is 0 Å². The van der Waals surface area contributed by atoms with Crippen LogP contribution in [0, 0.1) is 0 Å². The van der Waals surface area contributed by atoms with Crippen LogP contribution in [0.4, 0.5) is 0 Å². The van der Waals surface area contributed by atoms with Crippen molar-refractivity contribution in [3.63, 3.8) is 0 Å². The van der Waals surface area contributed by atoms with Crippen molar-refractivity contribution in [2.75, 3.05) is 31.9 Å². The fourth-order valence-corrected chi connectivity index (χ4v) is 4.08. The molecule has 0 aliphatic carbocycles. The number of piperidine rings is 1. The molecular formula is C15H22Cl2N2S. The first-order valence-corrected chi connectivity index (χ1v) is 8.97. The van der Waals surface area contributed by atoms with Crippen molar-refractivity contribution >= 4 is 35.0 Å². The van der Waals surface area contributed by atoms with E-state index in [9.17, 15) is 0 Å². The van der Waals surface area contributed by atoms with Gasteiger partial charge in [-0.15, -0.1) is 11.8 Å². The molecule has 1 saturated heterocycles. The zero-order valence-electron chi connectivity index (χ0n) is 11.9. The van der Waals surface area contributed by atoms with Gasteiger partial charge in [0.2, 0.25) is 0 Å². The van der Waals surface area contributed by atoms with Crippen molar-refractivity contribution < 1.29 is 0 Å². The Bertz CT molecular complexity index is 422. The van der Waals surface area contributed by atoms with Crippen LogP contribution in [0.2, 0.25) is 10.0 Å². The lowest BCUT2D eigenvalue weighted by atomic mass is 10.1. The van der Waals surface area contributed by atoms with Crippen molar-refractivity contribution in [1.82, 2.24) is 10.2 Å². The van der Waals surface area contributed by atoms with E-state index in [1.165, 1.54) is 19.4 Å². The molecule has 1 aliphatic heterocycles. The maximum absolute atomic E-state index is 6.19. The predicted molar refractivity (Wildman–Crippen MR) is 90.3 cm³/mol. The van der Waals surface area contributed by atoms with Crippen LogP contribution in [0.15, 0.2) is 23.1 Å². The van der Waals surface area contributed by atoms with Crippen LogP contribution in [0.5, 0.6) is 0 Å². The molecule has 2 rings (SSSR count). The maximum atomic E-state index is 6.19. The van der Waals surface area contributed by atoms with Gasteiger partial charge in [0.1, 0.15) is 0 Å². The molecule has 0 aromatic heterocycles. The molecule has 1 aliphatic rings. The molecule has 5 heteroatoms. The molecule has 20 heavy (non-hydrogen) atoms. The summed E-state index contributed by atoms with van der Waals surface area (Å²) in [5, 5.41) is 5.03. The van der Waals surface area contributed by atoms with Gasteiger partial charge in [0.05, 0.1) is 5.02 Å². The van der Waals surface area contributed by atoms with Crippen molar-refractivity contribution in [2.45, 2.75) is 30.7 Å². The van der Waals surface area contributed by atoms with Gasteiger partial charge in [0.25, 0.3) is 0 Å². The summed E-state index contributed by atoms with van der Waals surface area (Å²) in [7, 11) is 0. The molecule has 0 saturated carbocycles. The lowest BCUT2D eigenvalue weighted by Crippen LogP contribution is -2.46. The summed E-state index contributed by atoms with van der Waals surface area (Å²) in [5.74, 6) is 1.05. The number of thioether (sulfide) groups is 1. The van der Waals surface area contributed by atoms with Gasteiger partial charge in [-0.25, -0.2) is 0 Å². The second kappa shape index (κ2) is 8.50. The van der Waals surface area contributed by atoms with Gasteiger partial charge in [-0.2, -0.15) is 0 Å². The maximum Gasteiger partial charge on any atom is 0.0542 e. The van der Waals surface area contributed by atoms with Crippen LogP contribution in [0.25, 0.3) is 0 Å². The molecule has 0 amide bonds. The van der Waals surface area contributed by atoms with Crippen LogP contribution in [0.1, 0.15) is 19.8 Å². The zero-order chi connectivity index (χ0) is 14.4. The van der Waals surface area contributed by atoms with Crippen molar-refractivity contribution in [1.29, 1.82) is 0 Å². The number of hydrogen-bond acceptors (Lipinski definition) is 3. The van der Waals surface area contributed by atoms with Crippen LogP contribution < -0.4 is 5.32 Å². The second-order valence-electron chi connectivity index (χ2n) is 5.05. The van der Waals surface area contributed by atoms with Crippen molar-refractivity contribution in [3.8, 4) is 0 Å². The van der Waals surface area contributed by atoms with E-state index in [0.29, 0.717) is 6.04 Å². The Kier molecular flexibility index (Phi) is 6.99. The van der Waals surface area contributed by atoms with Gasteiger partial charge in [-0.1, -0.05) is 30.1 Å². The molecular weight excluding hydrogens is 311 g/mol. The first-order valence-electron chi connectivity index (χ1n) is 7.23. The highest BCUT2D eigenvalue weighted by Crippen LogP contribution is 2.30. The Balaban J connectivity index is 1.82. The summed E-state index contributed by atoms with van der Waals surface area (Å²) in [5.41, 5.74) is 0. The average molecular weight is 333 g/mol. The van der Waals surface area contributed by atoms with E-state index in [2.05, 4.69) is 17.1 Å². The number of halogens is 2. The molecule has 0 bridgehead atoms. The minimum Gasteiger partial charge on any atom is -0.315 e. The third kappa shape index (κ3) is 4.81. The van der Waals surface area contributed by atoms with Crippen LogP contribution >= 0.6 is 35.0 Å². The number of nitrogens with zero attached hydrogens (tertiary/aromatic N) is 1. The van der Waals surface area contributed by atoms with Gasteiger partial charge in [0, 0.05) is 34.8 Å². The number of likely N-dealkylation sites (N-methyl/N-ethyl adjacent to an activating group) is 1. The summed E-state index contributed by atoms with van der Waals surface area (Å²) >= 11 is 14.0. The van der Waals surface area contributed by atoms with E-state index in [1.807, 2.05) is 18.2 Å². The van der Waals surface area contributed by atoms with Crippen molar-refractivity contribution in [3.05, 3.63) is 28.2 Å². The van der Waals surface area contributed by atoms with Gasteiger partial charge >= 0.3 is 0 Å². The SMILES string of the molecule is CCN(CCSc1cc(Cl)ccc1Cl)C1CCCNC1. The lowest BCUT2D eigenvalue weighted by molar-refractivity contribution is 0.184. The quantitative estimate of drug-likeness (QED) is 0.787. The summed E-state index contributed by atoms with van der Waals surface area (Å²) in [6, 6.07) is 6.34. The Morgan fingerprint density at radius 2 is 2.25 bits per heavy atom. The van der Waals surface area contributed by atoms with E-state index < -0.39 is 0 Å². The van der Waals surface area contributed by atoms with Crippen LogP contribution in [0.3, 0.4) is 0 Å². The minimum absolute atomic E-state index is 0.684. The van der Waals surface area contributed by atoms with Gasteiger partial charge in [-0.3, -0.25) is 4.90 Å². The van der Waals surface area contributed by atoms with E-state index in [0.717, 1.165) is 40.3 Å². The topological polar surface area (TPSA) is 15.3 Å².